The number of aryl methyl sites for hydroxylation is 1. The zero-order valence-electron chi connectivity index (χ0n) is 21.6. The van der Waals surface area contributed by atoms with Gasteiger partial charge in [0.2, 0.25) is 0 Å². The zero-order valence-corrected chi connectivity index (χ0v) is 22.3. The second-order valence-electron chi connectivity index (χ2n) is 10.3. The van der Waals surface area contributed by atoms with Crippen molar-refractivity contribution in [1.29, 1.82) is 0 Å². The van der Waals surface area contributed by atoms with Crippen LogP contribution in [0.5, 0.6) is 0 Å². The van der Waals surface area contributed by atoms with E-state index in [4.69, 9.17) is 11.6 Å². The van der Waals surface area contributed by atoms with Crippen molar-refractivity contribution in [2.75, 3.05) is 19.4 Å². The molecule has 1 heterocycles. The Labute approximate surface area is 208 Å². The van der Waals surface area contributed by atoms with E-state index in [-0.39, 0.29) is 30.1 Å². The average Bonchev–Trinajstić information content (AvgIpc) is 3.07. The van der Waals surface area contributed by atoms with Crippen LogP contribution in [0.4, 0.5) is 5.69 Å². The number of aromatic amines is 1. The summed E-state index contributed by atoms with van der Waals surface area (Å²) in [5.74, 6) is 0.352. The number of carbonyl (C=O) groups is 1. The van der Waals surface area contributed by atoms with Gasteiger partial charge in [-0.2, -0.15) is 0 Å². The number of nitrogens with one attached hydrogen (secondary N) is 3. The van der Waals surface area contributed by atoms with E-state index >= 15 is 0 Å². The number of anilines is 1. The van der Waals surface area contributed by atoms with Crippen molar-refractivity contribution >= 4 is 23.2 Å². The van der Waals surface area contributed by atoms with Crippen LogP contribution in [-0.4, -0.2) is 46.8 Å². The summed E-state index contributed by atoms with van der Waals surface area (Å²) in [6.07, 6.45) is 4.80. The van der Waals surface area contributed by atoms with Crippen LogP contribution in [0.15, 0.2) is 16.9 Å². The highest BCUT2D eigenvalue weighted by molar-refractivity contribution is 6.31. The molecular formula is C26H40ClN5O2. The van der Waals surface area contributed by atoms with Crippen molar-refractivity contribution in [2.45, 2.75) is 85.0 Å². The summed E-state index contributed by atoms with van der Waals surface area (Å²) in [6.45, 7) is 10.1. The fraction of sp³-hybridized carbons (Fsp3) is 0.615. The Morgan fingerprint density at radius 3 is 2.38 bits per heavy atom. The molecule has 1 aromatic carbocycles. The van der Waals surface area contributed by atoms with Crippen LogP contribution >= 0.6 is 11.6 Å². The highest BCUT2D eigenvalue weighted by Gasteiger charge is 2.27. The molecular weight excluding hydrogens is 450 g/mol. The molecule has 34 heavy (non-hydrogen) atoms. The number of carbonyl (C=O) groups excluding carboxylic acids is 1. The fourth-order valence-electron chi connectivity index (χ4n) is 4.99. The SMILES string of the molecule is Cc1[nH]n(C(C)C)c(=O)c1CNC(=O)c1cc(Cl)cc(NC(C)C2CCC(N(C)C)CC2)c1C. The van der Waals surface area contributed by atoms with E-state index in [1.54, 1.807) is 10.7 Å². The maximum absolute atomic E-state index is 13.1. The topological polar surface area (TPSA) is 82.2 Å². The largest absolute Gasteiger partial charge is 0.382 e. The first-order valence-electron chi connectivity index (χ1n) is 12.3. The minimum atomic E-state index is -0.238. The van der Waals surface area contributed by atoms with Crippen molar-refractivity contribution in [1.82, 2.24) is 20.0 Å². The number of aromatic nitrogens is 2. The predicted octanol–water partition coefficient (Wildman–Crippen LogP) is 4.88. The zero-order chi connectivity index (χ0) is 25.2. The van der Waals surface area contributed by atoms with Gasteiger partial charge in [0.1, 0.15) is 0 Å². The number of hydrogen-bond acceptors (Lipinski definition) is 4. The molecule has 7 nitrogen and oxygen atoms in total. The van der Waals surface area contributed by atoms with E-state index < -0.39 is 0 Å². The Morgan fingerprint density at radius 2 is 1.82 bits per heavy atom. The summed E-state index contributed by atoms with van der Waals surface area (Å²) in [4.78, 5) is 28.0. The number of hydrogen-bond donors (Lipinski definition) is 3. The molecule has 8 heteroatoms. The summed E-state index contributed by atoms with van der Waals surface area (Å²) >= 11 is 6.41. The summed E-state index contributed by atoms with van der Waals surface area (Å²) in [5.41, 5.74) is 3.51. The van der Waals surface area contributed by atoms with Gasteiger partial charge in [0.15, 0.2) is 0 Å². The number of H-pyrrole nitrogens is 1. The Hall–Kier alpha value is -2.25. The third-order valence-electron chi connectivity index (χ3n) is 7.34. The molecule has 3 N–H and O–H groups in total. The number of nitrogens with zero attached hydrogens (tertiary/aromatic N) is 2. The Kier molecular flexibility index (Phi) is 8.52. The molecule has 0 radical (unpaired) electrons. The lowest BCUT2D eigenvalue weighted by Gasteiger charge is -2.36. The second kappa shape index (κ2) is 11.0. The van der Waals surface area contributed by atoms with Crippen molar-refractivity contribution in [3.8, 4) is 0 Å². The minimum Gasteiger partial charge on any atom is -0.382 e. The van der Waals surface area contributed by atoms with Gasteiger partial charge in [-0.25, -0.2) is 0 Å². The lowest BCUT2D eigenvalue weighted by atomic mass is 9.81. The smallest absolute Gasteiger partial charge is 0.271 e. The third-order valence-corrected chi connectivity index (χ3v) is 7.56. The van der Waals surface area contributed by atoms with Gasteiger partial charge < -0.3 is 15.5 Å². The monoisotopic (exact) mass is 489 g/mol. The van der Waals surface area contributed by atoms with Crippen LogP contribution in [0, 0.1) is 19.8 Å². The van der Waals surface area contributed by atoms with Gasteiger partial charge >= 0.3 is 0 Å². The van der Waals surface area contributed by atoms with Gasteiger partial charge in [0.05, 0.1) is 12.1 Å². The van der Waals surface area contributed by atoms with E-state index in [2.05, 4.69) is 41.7 Å². The summed E-state index contributed by atoms with van der Waals surface area (Å²) < 4.78 is 1.58. The summed E-state index contributed by atoms with van der Waals surface area (Å²) in [5, 5.41) is 10.1. The maximum Gasteiger partial charge on any atom is 0.271 e. The van der Waals surface area contributed by atoms with Crippen molar-refractivity contribution in [3.63, 3.8) is 0 Å². The molecule has 0 aliphatic heterocycles. The maximum atomic E-state index is 13.1. The number of benzene rings is 1. The summed E-state index contributed by atoms with van der Waals surface area (Å²) in [6, 6.07) is 4.57. The molecule has 188 valence electrons. The highest BCUT2D eigenvalue weighted by atomic mass is 35.5. The van der Waals surface area contributed by atoms with E-state index in [0.29, 0.717) is 28.1 Å². The lowest BCUT2D eigenvalue weighted by molar-refractivity contribution is 0.0950. The first kappa shape index (κ1) is 26.4. The molecule has 1 amide bonds. The molecule has 1 aromatic heterocycles. The van der Waals surface area contributed by atoms with Crippen LogP contribution in [0.25, 0.3) is 0 Å². The van der Waals surface area contributed by atoms with Gasteiger partial charge in [0.25, 0.3) is 11.5 Å². The van der Waals surface area contributed by atoms with Crippen molar-refractivity contribution in [2.24, 2.45) is 5.92 Å². The molecule has 3 rings (SSSR count). The van der Waals surface area contributed by atoms with Crippen molar-refractivity contribution in [3.05, 3.63) is 49.9 Å². The van der Waals surface area contributed by atoms with Crippen LogP contribution in [0.2, 0.25) is 5.02 Å². The minimum absolute atomic E-state index is 0.0272. The summed E-state index contributed by atoms with van der Waals surface area (Å²) in [7, 11) is 4.32. The third kappa shape index (κ3) is 5.87. The fourth-order valence-corrected chi connectivity index (χ4v) is 5.20. The molecule has 1 aliphatic carbocycles. The Bertz CT molecular complexity index is 1060. The Morgan fingerprint density at radius 1 is 1.18 bits per heavy atom. The van der Waals surface area contributed by atoms with E-state index in [1.807, 2.05) is 33.8 Å². The first-order chi connectivity index (χ1) is 16.0. The quantitative estimate of drug-likeness (QED) is 0.493. The van der Waals surface area contributed by atoms with Gasteiger partial charge in [0, 0.05) is 40.1 Å². The molecule has 1 atom stereocenters. The molecule has 2 aromatic rings. The van der Waals surface area contributed by atoms with Gasteiger partial charge in [-0.15, -0.1) is 0 Å². The van der Waals surface area contributed by atoms with Crippen molar-refractivity contribution < 1.29 is 4.79 Å². The average molecular weight is 490 g/mol. The van der Waals surface area contributed by atoms with Gasteiger partial charge in [-0.1, -0.05) is 11.6 Å². The molecule has 0 spiro atoms. The normalized spacial score (nSPS) is 19.5. The molecule has 1 saturated carbocycles. The molecule has 1 unspecified atom stereocenters. The predicted molar refractivity (Wildman–Crippen MR) is 140 cm³/mol. The second-order valence-corrected chi connectivity index (χ2v) is 10.7. The number of rotatable bonds is 8. The highest BCUT2D eigenvalue weighted by Crippen LogP contribution is 2.32. The van der Waals surface area contributed by atoms with E-state index in [0.717, 1.165) is 16.9 Å². The molecule has 1 aliphatic rings. The molecule has 1 fully saturated rings. The van der Waals surface area contributed by atoms with Crippen LogP contribution in [0.3, 0.4) is 0 Å². The van der Waals surface area contributed by atoms with Gasteiger partial charge in [-0.05, 0) is 98.0 Å². The van der Waals surface area contributed by atoms with Crippen LogP contribution < -0.4 is 16.2 Å². The first-order valence-corrected chi connectivity index (χ1v) is 12.7. The standard InChI is InChI=1S/C26H40ClN5O2/c1-15(2)32-26(34)23(18(5)30-32)14-28-25(33)22-12-20(27)13-24(16(22)3)29-17(4)19-8-10-21(11-9-19)31(6)7/h12-13,15,17,19,21,29-30H,8-11,14H2,1-7H3,(H,28,33). The Balaban J connectivity index is 1.70. The van der Waals surface area contributed by atoms with Crippen LogP contribution in [0.1, 0.15) is 79.7 Å². The van der Waals surface area contributed by atoms with E-state index in [9.17, 15) is 9.59 Å². The van der Waals surface area contributed by atoms with Gasteiger partial charge in [-0.3, -0.25) is 19.4 Å². The molecule has 0 bridgehead atoms. The number of halogens is 1. The lowest BCUT2D eigenvalue weighted by Crippen LogP contribution is -2.36. The number of amides is 1. The van der Waals surface area contributed by atoms with Crippen LogP contribution in [-0.2, 0) is 6.54 Å². The molecule has 0 saturated heterocycles. The van der Waals surface area contributed by atoms with E-state index in [1.165, 1.54) is 25.7 Å².